The number of pyridine rings is 1. The Morgan fingerprint density at radius 2 is 2.00 bits per heavy atom. The summed E-state index contributed by atoms with van der Waals surface area (Å²) in [6, 6.07) is 1.33. The Hall–Kier alpha value is -1.00. The first-order valence-corrected chi connectivity index (χ1v) is 5.94. The fraction of sp³-hybridized carbons (Fsp3) is 0.615. The van der Waals surface area contributed by atoms with Crippen molar-refractivity contribution < 1.29 is 14.2 Å². The summed E-state index contributed by atoms with van der Waals surface area (Å²) in [7, 11) is 0. The SMILES string of the molecule is CC1OC(C)C(C(O)c2cncc(F)c2)C1C. The molecule has 0 saturated carbocycles. The van der Waals surface area contributed by atoms with Crippen molar-refractivity contribution in [3.05, 3.63) is 29.8 Å². The molecular weight excluding hydrogens is 221 g/mol. The van der Waals surface area contributed by atoms with Crippen LogP contribution in [0.1, 0.15) is 32.4 Å². The third-order valence-electron chi connectivity index (χ3n) is 3.75. The van der Waals surface area contributed by atoms with Gasteiger partial charge < -0.3 is 9.84 Å². The van der Waals surface area contributed by atoms with Crippen molar-refractivity contribution in [1.29, 1.82) is 0 Å². The first-order valence-electron chi connectivity index (χ1n) is 5.94. The molecule has 0 amide bonds. The average Bonchev–Trinajstić information content (AvgIpc) is 2.52. The van der Waals surface area contributed by atoms with Gasteiger partial charge in [0.15, 0.2) is 0 Å². The molecule has 1 aliphatic heterocycles. The van der Waals surface area contributed by atoms with E-state index in [1.807, 2.05) is 13.8 Å². The molecule has 5 atom stereocenters. The molecule has 0 radical (unpaired) electrons. The van der Waals surface area contributed by atoms with Crippen LogP contribution in [0.4, 0.5) is 4.39 Å². The lowest BCUT2D eigenvalue weighted by Crippen LogP contribution is -2.25. The number of halogens is 1. The van der Waals surface area contributed by atoms with Gasteiger partial charge in [0.05, 0.1) is 24.5 Å². The zero-order valence-corrected chi connectivity index (χ0v) is 10.3. The van der Waals surface area contributed by atoms with Crippen LogP contribution in [-0.4, -0.2) is 22.3 Å². The van der Waals surface area contributed by atoms with Crippen molar-refractivity contribution in [2.45, 2.75) is 39.1 Å². The zero-order valence-electron chi connectivity index (χ0n) is 10.3. The van der Waals surface area contributed by atoms with Crippen LogP contribution >= 0.6 is 0 Å². The summed E-state index contributed by atoms with van der Waals surface area (Å²) in [5.74, 6) is -0.203. The fourth-order valence-corrected chi connectivity index (χ4v) is 2.65. The Labute approximate surface area is 101 Å². The largest absolute Gasteiger partial charge is 0.388 e. The van der Waals surface area contributed by atoms with Gasteiger partial charge >= 0.3 is 0 Å². The maximum atomic E-state index is 13.1. The van der Waals surface area contributed by atoms with Gasteiger partial charge in [-0.3, -0.25) is 4.98 Å². The summed E-state index contributed by atoms with van der Waals surface area (Å²) in [6.07, 6.45) is 2.00. The van der Waals surface area contributed by atoms with E-state index >= 15 is 0 Å². The minimum absolute atomic E-state index is 0.0198. The Morgan fingerprint density at radius 3 is 2.53 bits per heavy atom. The summed E-state index contributed by atoms with van der Waals surface area (Å²) >= 11 is 0. The van der Waals surface area contributed by atoms with Gasteiger partial charge in [0, 0.05) is 17.7 Å². The van der Waals surface area contributed by atoms with E-state index in [0.717, 1.165) is 6.20 Å². The van der Waals surface area contributed by atoms with Gasteiger partial charge in [-0.2, -0.15) is 0 Å². The summed E-state index contributed by atoms with van der Waals surface area (Å²) in [6.45, 7) is 5.99. The molecule has 0 bridgehead atoms. The number of aliphatic hydroxyl groups excluding tert-OH is 1. The highest BCUT2D eigenvalue weighted by Gasteiger charge is 2.41. The number of hydrogen-bond acceptors (Lipinski definition) is 3. The van der Waals surface area contributed by atoms with Crippen molar-refractivity contribution in [3.8, 4) is 0 Å². The van der Waals surface area contributed by atoms with E-state index in [1.54, 1.807) is 0 Å². The normalized spacial score (nSPS) is 34.9. The molecule has 1 fully saturated rings. The van der Waals surface area contributed by atoms with Crippen LogP contribution < -0.4 is 0 Å². The molecule has 2 rings (SSSR count). The summed E-state index contributed by atoms with van der Waals surface area (Å²) in [4.78, 5) is 3.77. The molecule has 0 spiro atoms. The third-order valence-corrected chi connectivity index (χ3v) is 3.75. The highest BCUT2D eigenvalue weighted by Crippen LogP contribution is 2.40. The topological polar surface area (TPSA) is 42.4 Å². The number of hydrogen-bond donors (Lipinski definition) is 1. The summed E-state index contributed by atoms with van der Waals surface area (Å²) in [5.41, 5.74) is 0.520. The maximum Gasteiger partial charge on any atom is 0.141 e. The van der Waals surface area contributed by atoms with Crippen molar-refractivity contribution in [2.75, 3.05) is 0 Å². The van der Waals surface area contributed by atoms with Crippen LogP contribution in [-0.2, 0) is 4.74 Å². The minimum atomic E-state index is -0.729. The van der Waals surface area contributed by atoms with Gasteiger partial charge in [0.2, 0.25) is 0 Å². The molecule has 1 aliphatic rings. The average molecular weight is 239 g/mol. The van der Waals surface area contributed by atoms with E-state index in [9.17, 15) is 9.50 Å². The van der Waals surface area contributed by atoms with Gasteiger partial charge in [-0.05, 0) is 25.8 Å². The van der Waals surface area contributed by atoms with E-state index in [4.69, 9.17) is 4.74 Å². The smallest absolute Gasteiger partial charge is 0.141 e. The Morgan fingerprint density at radius 1 is 1.29 bits per heavy atom. The highest BCUT2D eigenvalue weighted by molar-refractivity contribution is 5.15. The Bertz CT molecular complexity index is 399. The molecule has 1 saturated heterocycles. The van der Waals surface area contributed by atoms with E-state index in [1.165, 1.54) is 12.3 Å². The number of ether oxygens (including phenoxy) is 1. The molecule has 0 aromatic carbocycles. The molecule has 1 N–H and O–H groups in total. The first kappa shape index (κ1) is 12.5. The van der Waals surface area contributed by atoms with Crippen LogP contribution in [0.2, 0.25) is 0 Å². The van der Waals surface area contributed by atoms with Crippen molar-refractivity contribution >= 4 is 0 Å². The quantitative estimate of drug-likeness (QED) is 0.861. The van der Waals surface area contributed by atoms with E-state index in [-0.39, 0.29) is 24.0 Å². The van der Waals surface area contributed by atoms with Gasteiger partial charge in [-0.25, -0.2) is 4.39 Å². The van der Waals surface area contributed by atoms with Crippen molar-refractivity contribution in [1.82, 2.24) is 4.98 Å². The van der Waals surface area contributed by atoms with Gasteiger partial charge in [0.1, 0.15) is 5.82 Å². The molecule has 1 aromatic rings. The van der Waals surface area contributed by atoms with Crippen molar-refractivity contribution in [2.24, 2.45) is 11.8 Å². The van der Waals surface area contributed by atoms with Gasteiger partial charge in [-0.1, -0.05) is 6.92 Å². The molecule has 1 aromatic heterocycles. The number of aromatic nitrogens is 1. The van der Waals surface area contributed by atoms with E-state index in [2.05, 4.69) is 11.9 Å². The predicted octanol–water partition coefficient (Wildman–Crippen LogP) is 2.31. The lowest BCUT2D eigenvalue weighted by Gasteiger charge is -2.24. The molecule has 94 valence electrons. The highest BCUT2D eigenvalue weighted by atomic mass is 19.1. The second-order valence-corrected chi connectivity index (χ2v) is 4.86. The molecule has 0 aliphatic carbocycles. The number of aliphatic hydroxyl groups is 1. The first-order chi connectivity index (χ1) is 8.00. The fourth-order valence-electron chi connectivity index (χ4n) is 2.65. The third kappa shape index (κ3) is 2.33. The van der Waals surface area contributed by atoms with Gasteiger partial charge in [-0.15, -0.1) is 0 Å². The molecule has 2 heterocycles. The van der Waals surface area contributed by atoms with Crippen LogP contribution in [0.15, 0.2) is 18.5 Å². The minimum Gasteiger partial charge on any atom is -0.388 e. The standard InChI is InChI=1S/C13H18FNO2/c1-7-8(2)17-9(3)12(7)13(16)10-4-11(14)6-15-5-10/h4-9,12-13,16H,1-3H3. The van der Waals surface area contributed by atoms with Crippen LogP contribution in [0.25, 0.3) is 0 Å². The monoisotopic (exact) mass is 239 g/mol. The molecular formula is C13H18FNO2. The summed E-state index contributed by atoms with van der Waals surface area (Å²) < 4.78 is 18.8. The summed E-state index contributed by atoms with van der Waals surface area (Å²) in [5, 5.41) is 10.3. The number of nitrogens with zero attached hydrogens (tertiary/aromatic N) is 1. The second kappa shape index (κ2) is 4.70. The van der Waals surface area contributed by atoms with Crippen molar-refractivity contribution in [3.63, 3.8) is 0 Å². The molecule has 3 nitrogen and oxygen atoms in total. The van der Waals surface area contributed by atoms with Crippen LogP contribution in [0.3, 0.4) is 0 Å². The zero-order chi connectivity index (χ0) is 12.6. The van der Waals surface area contributed by atoms with Crippen LogP contribution in [0.5, 0.6) is 0 Å². The van der Waals surface area contributed by atoms with Crippen LogP contribution in [0, 0.1) is 17.7 Å². The van der Waals surface area contributed by atoms with E-state index in [0.29, 0.717) is 5.56 Å². The predicted molar refractivity (Wildman–Crippen MR) is 61.8 cm³/mol. The molecule has 17 heavy (non-hydrogen) atoms. The molecule has 4 heteroatoms. The maximum absolute atomic E-state index is 13.1. The Balaban J connectivity index is 2.22. The lowest BCUT2D eigenvalue weighted by atomic mass is 9.82. The molecule has 5 unspecified atom stereocenters. The van der Waals surface area contributed by atoms with Gasteiger partial charge in [0.25, 0.3) is 0 Å². The Kier molecular flexibility index (Phi) is 3.45. The lowest BCUT2D eigenvalue weighted by molar-refractivity contribution is 0.0229. The van der Waals surface area contributed by atoms with E-state index < -0.39 is 11.9 Å². The number of rotatable bonds is 2. The second-order valence-electron chi connectivity index (χ2n) is 4.86.